The van der Waals surface area contributed by atoms with E-state index in [2.05, 4.69) is 20.7 Å². The molecule has 0 amide bonds. The molecule has 36 heavy (non-hydrogen) atoms. The van der Waals surface area contributed by atoms with E-state index in [4.69, 9.17) is 4.74 Å². The molecule has 0 spiro atoms. The number of rotatable bonds is 7. The monoisotopic (exact) mass is 620 g/mol. The summed E-state index contributed by atoms with van der Waals surface area (Å²) in [6.07, 6.45) is -4.44. The van der Waals surface area contributed by atoms with E-state index in [0.29, 0.717) is 24.0 Å². The lowest BCUT2D eigenvalue weighted by Gasteiger charge is -2.19. The molecule has 3 aromatic rings. The van der Waals surface area contributed by atoms with Crippen LogP contribution in [0.3, 0.4) is 0 Å². The third kappa shape index (κ3) is 6.21. The molecule has 2 heterocycles. The second-order valence-electron chi connectivity index (χ2n) is 8.63. The zero-order chi connectivity index (χ0) is 26.3. The number of anilines is 1. The molecule has 0 bridgehead atoms. The molecule has 1 fully saturated rings. The maximum absolute atomic E-state index is 13.6. The molecular formula is C24H24BrF3N2O3S3. The number of thiophene rings is 1. The lowest BCUT2D eigenvalue weighted by molar-refractivity contribution is -0.139. The first-order valence-electron chi connectivity index (χ1n) is 11.0. The molecule has 0 saturated carbocycles. The van der Waals surface area contributed by atoms with Crippen molar-refractivity contribution in [3.8, 4) is 5.75 Å². The lowest BCUT2D eigenvalue weighted by Crippen LogP contribution is -2.23. The van der Waals surface area contributed by atoms with Gasteiger partial charge in [-0.15, -0.1) is 11.3 Å². The van der Waals surface area contributed by atoms with Crippen LogP contribution in [0.25, 0.3) is 0 Å². The van der Waals surface area contributed by atoms with Crippen molar-refractivity contribution in [1.29, 1.82) is 0 Å². The van der Waals surface area contributed by atoms with Crippen molar-refractivity contribution in [2.45, 2.75) is 45.9 Å². The van der Waals surface area contributed by atoms with Gasteiger partial charge in [0.25, 0.3) is 10.0 Å². The minimum absolute atomic E-state index is 0.00201. The zero-order valence-corrected chi connectivity index (χ0v) is 23.7. The van der Waals surface area contributed by atoms with Crippen molar-refractivity contribution in [1.82, 2.24) is 4.90 Å². The highest BCUT2D eigenvalue weighted by molar-refractivity contribution is 9.10. The highest BCUT2D eigenvalue weighted by Crippen LogP contribution is 2.44. The topological polar surface area (TPSA) is 58.6 Å². The van der Waals surface area contributed by atoms with E-state index in [0.717, 1.165) is 49.8 Å². The number of likely N-dealkylation sites (tertiary alicyclic amines) is 1. The molecule has 1 atom stereocenters. The second-order valence-corrected chi connectivity index (χ2v) is 13.7. The molecule has 1 saturated heterocycles. The van der Waals surface area contributed by atoms with Gasteiger partial charge in [-0.1, -0.05) is 30.0 Å². The number of nitrogens with one attached hydrogen (secondary N) is 1. The van der Waals surface area contributed by atoms with Gasteiger partial charge in [0.2, 0.25) is 0 Å². The molecule has 0 radical (unpaired) electrons. The standard InChI is InChI=1S/C24H24BrF3N2O3S3/c1-14-5-4-6-15(2)22(14)35-23-19(25)12-21(34-23)36(31,32)29-16-7-8-18(24(26,27)28)20(11-16)33-17-9-10-30(3)13-17/h4-8,11-12,17,29H,9-10,13H2,1-3H3/t17-/m1/s1. The van der Waals surface area contributed by atoms with Gasteiger partial charge in [-0.25, -0.2) is 8.42 Å². The summed E-state index contributed by atoms with van der Waals surface area (Å²) in [5, 5.41) is 0. The fraction of sp³-hybridized carbons (Fsp3) is 0.333. The first-order valence-corrected chi connectivity index (χ1v) is 14.9. The van der Waals surface area contributed by atoms with Crippen LogP contribution in [0, 0.1) is 13.8 Å². The number of hydrogen-bond donors (Lipinski definition) is 1. The second kappa shape index (κ2) is 10.6. The van der Waals surface area contributed by atoms with Crippen LogP contribution in [-0.4, -0.2) is 39.6 Å². The average Bonchev–Trinajstić information content (AvgIpc) is 3.35. The van der Waals surface area contributed by atoms with Crippen LogP contribution in [0.15, 0.2) is 60.3 Å². The van der Waals surface area contributed by atoms with Gasteiger partial charge in [0.05, 0.1) is 15.5 Å². The van der Waals surface area contributed by atoms with Gasteiger partial charge in [-0.2, -0.15) is 13.2 Å². The molecule has 4 rings (SSSR count). The van der Waals surface area contributed by atoms with E-state index in [-0.39, 0.29) is 15.6 Å². The molecule has 1 aromatic heterocycles. The van der Waals surface area contributed by atoms with E-state index in [1.807, 2.05) is 44.0 Å². The van der Waals surface area contributed by atoms with Gasteiger partial charge in [0.15, 0.2) is 0 Å². The molecule has 1 aliphatic rings. The molecule has 1 N–H and O–H groups in total. The molecule has 5 nitrogen and oxygen atoms in total. The largest absolute Gasteiger partial charge is 0.488 e. The Hall–Kier alpha value is -1.73. The van der Waals surface area contributed by atoms with Crippen molar-refractivity contribution < 1.29 is 26.3 Å². The Bertz CT molecular complexity index is 1360. The van der Waals surface area contributed by atoms with E-state index < -0.39 is 27.9 Å². The van der Waals surface area contributed by atoms with E-state index >= 15 is 0 Å². The third-order valence-electron chi connectivity index (χ3n) is 5.68. The van der Waals surface area contributed by atoms with Gasteiger partial charge in [0.1, 0.15) is 16.1 Å². The van der Waals surface area contributed by atoms with Crippen molar-refractivity contribution in [2.75, 3.05) is 24.9 Å². The summed E-state index contributed by atoms with van der Waals surface area (Å²) >= 11 is 6.00. The first kappa shape index (κ1) is 27.3. The quantitative estimate of drug-likeness (QED) is 0.303. The fourth-order valence-electron chi connectivity index (χ4n) is 3.88. The van der Waals surface area contributed by atoms with Crippen LogP contribution in [0.1, 0.15) is 23.1 Å². The number of halogens is 4. The molecule has 0 unspecified atom stereocenters. The minimum Gasteiger partial charge on any atom is -0.488 e. The maximum atomic E-state index is 13.6. The maximum Gasteiger partial charge on any atom is 0.419 e. The average molecular weight is 622 g/mol. The Morgan fingerprint density at radius 1 is 1.17 bits per heavy atom. The van der Waals surface area contributed by atoms with Gasteiger partial charge >= 0.3 is 6.18 Å². The third-order valence-corrected chi connectivity index (χ3v) is 11.4. The number of hydrogen-bond acceptors (Lipinski definition) is 6. The van der Waals surface area contributed by atoms with E-state index in [9.17, 15) is 21.6 Å². The highest BCUT2D eigenvalue weighted by atomic mass is 79.9. The van der Waals surface area contributed by atoms with Crippen LogP contribution in [-0.2, 0) is 16.2 Å². The fourth-order valence-corrected chi connectivity index (χ4v) is 8.68. The molecular weight excluding hydrogens is 597 g/mol. The van der Waals surface area contributed by atoms with Crippen LogP contribution in [0.5, 0.6) is 5.75 Å². The molecule has 2 aromatic carbocycles. The summed E-state index contributed by atoms with van der Waals surface area (Å²) in [6, 6.07) is 10.5. The van der Waals surface area contributed by atoms with Crippen molar-refractivity contribution in [3.05, 3.63) is 63.6 Å². The summed E-state index contributed by atoms with van der Waals surface area (Å²) < 4.78 is 76.5. The van der Waals surface area contributed by atoms with Gasteiger partial charge in [0, 0.05) is 28.5 Å². The highest BCUT2D eigenvalue weighted by Gasteiger charge is 2.36. The number of alkyl halides is 3. The van der Waals surface area contributed by atoms with Crippen LogP contribution in [0.4, 0.5) is 18.9 Å². The Balaban J connectivity index is 1.59. The number of sulfonamides is 1. The van der Waals surface area contributed by atoms with Gasteiger partial charge in [-0.3, -0.25) is 4.72 Å². The SMILES string of the molecule is Cc1cccc(C)c1Sc1sc(S(=O)(=O)Nc2ccc(C(F)(F)F)c(O[C@@H]3CCN(C)C3)c2)cc1Br. The number of aryl methyl sites for hydroxylation is 2. The summed E-state index contributed by atoms with van der Waals surface area (Å²) in [6.45, 7) is 5.19. The summed E-state index contributed by atoms with van der Waals surface area (Å²) in [5.41, 5.74) is 1.21. The summed E-state index contributed by atoms with van der Waals surface area (Å²) in [5.74, 6) is -0.387. The predicted octanol–water partition coefficient (Wildman–Crippen LogP) is 7.18. The zero-order valence-electron chi connectivity index (χ0n) is 19.6. The Labute approximate surface area is 225 Å². The van der Waals surface area contributed by atoms with E-state index in [1.165, 1.54) is 17.8 Å². The van der Waals surface area contributed by atoms with E-state index in [1.54, 1.807) is 0 Å². The molecule has 0 aliphatic carbocycles. The normalized spacial score (nSPS) is 16.9. The van der Waals surface area contributed by atoms with Gasteiger partial charge < -0.3 is 9.64 Å². The molecule has 194 valence electrons. The number of ether oxygens (including phenoxy) is 1. The lowest BCUT2D eigenvalue weighted by atomic mass is 10.1. The number of nitrogens with zero attached hydrogens (tertiary/aromatic N) is 1. The van der Waals surface area contributed by atoms with Crippen molar-refractivity contribution in [3.63, 3.8) is 0 Å². The van der Waals surface area contributed by atoms with Crippen molar-refractivity contribution in [2.24, 2.45) is 0 Å². The Morgan fingerprint density at radius 3 is 2.47 bits per heavy atom. The Morgan fingerprint density at radius 2 is 1.86 bits per heavy atom. The predicted molar refractivity (Wildman–Crippen MR) is 141 cm³/mol. The number of likely N-dealkylation sites (N-methyl/N-ethyl adjacent to an activating group) is 1. The number of benzene rings is 2. The summed E-state index contributed by atoms with van der Waals surface area (Å²) in [4.78, 5) is 3.01. The van der Waals surface area contributed by atoms with Gasteiger partial charge in [-0.05, 0) is 72.6 Å². The van der Waals surface area contributed by atoms with Crippen LogP contribution < -0.4 is 9.46 Å². The molecule has 1 aliphatic heterocycles. The van der Waals surface area contributed by atoms with Crippen LogP contribution >= 0.6 is 39.0 Å². The minimum atomic E-state index is -4.63. The van der Waals surface area contributed by atoms with Crippen LogP contribution in [0.2, 0.25) is 0 Å². The molecule has 12 heteroatoms. The Kier molecular flexibility index (Phi) is 8.01. The summed E-state index contributed by atoms with van der Waals surface area (Å²) in [7, 11) is -2.18. The smallest absolute Gasteiger partial charge is 0.419 e. The first-order chi connectivity index (χ1) is 16.8. The van der Waals surface area contributed by atoms with Crippen molar-refractivity contribution >= 4 is 54.7 Å².